The van der Waals surface area contributed by atoms with Crippen molar-refractivity contribution in [3.8, 4) is 0 Å². The van der Waals surface area contributed by atoms with Gasteiger partial charge in [0.05, 0.1) is 6.54 Å². The first-order chi connectivity index (χ1) is 16.1. The SMILES string of the molecule is O=C(CNC(=O)c1cccc(F)c1)Nc1ccc(N2CCN(Cc3ccccc3)CC2)cc1. The average molecular weight is 447 g/mol. The van der Waals surface area contributed by atoms with Crippen molar-refractivity contribution in [2.24, 2.45) is 0 Å². The highest BCUT2D eigenvalue weighted by molar-refractivity contribution is 5.99. The van der Waals surface area contributed by atoms with Crippen LogP contribution in [0, 0.1) is 5.82 Å². The van der Waals surface area contributed by atoms with Crippen molar-refractivity contribution < 1.29 is 14.0 Å². The van der Waals surface area contributed by atoms with Crippen LogP contribution in [0.15, 0.2) is 78.9 Å². The van der Waals surface area contributed by atoms with E-state index in [1.165, 1.54) is 23.8 Å². The molecule has 3 aromatic rings. The van der Waals surface area contributed by atoms with Crippen molar-refractivity contribution >= 4 is 23.2 Å². The second-order valence-corrected chi connectivity index (χ2v) is 8.04. The van der Waals surface area contributed by atoms with Crippen LogP contribution in [0.4, 0.5) is 15.8 Å². The Morgan fingerprint density at radius 1 is 0.848 bits per heavy atom. The second-order valence-electron chi connectivity index (χ2n) is 8.04. The molecule has 0 atom stereocenters. The predicted octanol–water partition coefficient (Wildman–Crippen LogP) is 3.52. The van der Waals surface area contributed by atoms with Gasteiger partial charge in [-0.1, -0.05) is 36.4 Å². The third kappa shape index (κ3) is 6.40. The van der Waals surface area contributed by atoms with E-state index in [1.807, 2.05) is 30.3 Å². The van der Waals surface area contributed by atoms with Crippen LogP contribution in [-0.2, 0) is 11.3 Å². The lowest BCUT2D eigenvalue weighted by molar-refractivity contribution is -0.115. The zero-order valence-corrected chi connectivity index (χ0v) is 18.3. The molecule has 0 radical (unpaired) electrons. The summed E-state index contributed by atoms with van der Waals surface area (Å²) in [6, 6.07) is 23.6. The van der Waals surface area contributed by atoms with Crippen molar-refractivity contribution in [1.82, 2.24) is 10.2 Å². The minimum Gasteiger partial charge on any atom is -0.369 e. The largest absolute Gasteiger partial charge is 0.369 e. The van der Waals surface area contributed by atoms with Crippen molar-refractivity contribution in [1.29, 1.82) is 0 Å². The Morgan fingerprint density at radius 3 is 2.27 bits per heavy atom. The fourth-order valence-electron chi connectivity index (χ4n) is 3.86. The molecule has 0 unspecified atom stereocenters. The van der Waals surface area contributed by atoms with E-state index in [9.17, 15) is 14.0 Å². The summed E-state index contributed by atoms with van der Waals surface area (Å²) in [5.74, 6) is -1.33. The van der Waals surface area contributed by atoms with Gasteiger partial charge in [-0.05, 0) is 48.0 Å². The van der Waals surface area contributed by atoms with Crippen molar-refractivity contribution in [3.05, 3.63) is 95.8 Å². The summed E-state index contributed by atoms with van der Waals surface area (Å²) in [6.45, 7) is 4.67. The molecule has 0 spiro atoms. The van der Waals surface area contributed by atoms with Gasteiger partial charge in [0, 0.05) is 49.7 Å². The molecule has 170 valence electrons. The smallest absolute Gasteiger partial charge is 0.251 e. The minimum atomic E-state index is -0.496. The molecule has 6 nitrogen and oxygen atoms in total. The fraction of sp³-hybridized carbons (Fsp3) is 0.231. The van der Waals surface area contributed by atoms with Crippen molar-refractivity contribution in [2.45, 2.75) is 6.54 Å². The second kappa shape index (κ2) is 10.7. The van der Waals surface area contributed by atoms with E-state index in [1.54, 1.807) is 0 Å². The van der Waals surface area contributed by atoms with Gasteiger partial charge in [0.1, 0.15) is 5.82 Å². The third-order valence-corrected chi connectivity index (χ3v) is 5.63. The summed E-state index contributed by atoms with van der Waals surface area (Å²) in [4.78, 5) is 29.0. The van der Waals surface area contributed by atoms with Gasteiger partial charge in [-0.15, -0.1) is 0 Å². The first-order valence-electron chi connectivity index (χ1n) is 11.0. The number of halogens is 1. The van der Waals surface area contributed by atoms with Gasteiger partial charge in [0.15, 0.2) is 0 Å². The van der Waals surface area contributed by atoms with Gasteiger partial charge in [0.2, 0.25) is 5.91 Å². The quantitative estimate of drug-likeness (QED) is 0.583. The summed E-state index contributed by atoms with van der Waals surface area (Å²) in [6.07, 6.45) is 0. The molecule has 1 aliphatic heterocycles. The van der Waals surface area contributed by atoms with Crippen LogP contribution in [0.5, 0.6) is 0 Å². The summed E-state index contributed by atoms with van der Waals surface area (Å²) in [5.41, 5.74) is 3.28. The highest BCUT2D eigenvalue weighted by atomic mass is 19.1. The van der Waals surface area contributed by atoms with E-state index in [4.69, 9.17) is 0 Å². The summed E-state index contributed by atoms with van der Waals surface area (Å²) in [5, 5.41) is 5.27. The predicted molar refractivity (Wildman–Crippen MR) is 128 cm³/mol. The monoisotopic (exact) mass is 446 g/mol. The lowest BCUT2D eigenvalue weighted by atomic mass is 10.2. The first-order valence-corrected chi connectivity index (χ1v) is 11.0. The number of carbonyl (C=O) groups is 2. The van der Waals surface area contributed by atoms with E-state index in [-0.39, 0.29) is 18.0 Å². The summed E-state index contributed by atoms with van der Waals surface area (Å²) < 4.78 is 13.2. The molecule has 0 bridgehead atoms. The van der Waals surface area contributed by atoms with Crippen LogP contribution in [0.25, 0.3) is 0 Å². The number of anilines is 2. The first kappa shape index (κ1) is 22.5. The summed E-state index contributed by atoms with van der Waals surface area (Å²) in [7, 11) is 0. The van der Waals surface area contributed by atoms with E-state index >= 15 is 0 Å². The van der Waals surface area contributed by atoms with E-state index in [0.29, 0.717) is 5.69 Å². The average Bonchev–Trinajstić information content (AvgIpc) is 2.84. The van der Waals surface area contributed by atoms with Gasteiger partial charge < -0.3 is 15.5 Å². The Kier molecular flexibility index (Phi) is 7.32. The minimum absolute atomic E-state index is 0.177. The Bertz CT molecular complexity index is 1080. The zero-order chi connectivity index (χ0) is 23.0. The van der Waals surface area contributed by atoms with Gasteiger partial charge in [0.25, 0.3) is 5.91 Å². The molecule has 1 aliphatic rings. The topological polar surface area (TPSA) is 64.7 Å². The van der Waals surface area contributed by atoms with E-state index in [0.717, 1.165) is 44.5 Å². The number of amides is 2. The maximum Gasteiger partial charge on any atom is 0.251 e. The molecule has 1 saturated heterocycles. The van der Waals surface area contributed by atoms with E-state index in [2.05, 4.69) is 44.7 Å². The molecule has 4 rings (SSSR count). The molecule has 0 aliphatic carbocycles. The van der Waals surface area contributed by atoms with Crippen LogP contribution in [0.3, 0.4) is 0 Å². The van der Waals surface area contributed by atoms with E-state index < -0.39 is 11.7 Å². The molecule has 7 heteroatoms. The van der Waals surface area contributed by atoms with Crippen molar-refractivity contribution in [2.75, 3.05) is 42.9 Å². The molecule has 2 N–H and O–H groups in total. The molecule has 0 aromatic heterocycles. The number of hydrogen-bond donors (Lipinski definition) is 2. The highest BCUT2D eigenvalue weighted by Crippen LogP contribution is 2.20. The number of piperazine rings is 1. The normalized spacial score (nSPS) is 14.0. The van der Waals surface area contributed by atoms with Crippen LogP contribution in [-0.4, -0.2) is 49.4 Å². The number of benzene rings is 3. The standard InChI is InChI=1S/C26H27FN4O2/c27-22-8-4-7-21(17-22)26(33)28-18-25(32)29-23-9-11-24(12-10-23)31-15-13-30(14-16-31)19-20-5-2-1-3-6-20/h1-12,17H,13-16,18-19H2,(H,28,33)(H,29,32). The maximum absolute atomic E-state index is 13.2. The number of hydrogen-bond acceptors (Lipinski definition) is 4. The Morgan fingerprint density at radius 2 is 1.58 bits per heavy atom. The van der Waals surface area contributed by atoms with Crippen LogP contribution < -0.4 is 15.5 Å². The molecule has 2 amide bonds. The molecular formula is C26H27FN4O2. The fourth-order valence-corrected chi connectivity index (χ4v) is 3.86. The zero-order valence-electron chi connectivity index (χ0n) is 18.3. The Balaban J connectivity index is 1.22. The molecule has 1 fully saturated rings. The molecule has 1 heterocycles. The lowest BCUT2D eigenvalue weighted by Crippen LogP contribution is -2.45. The molecular weight excluding hydrogens is 419 g/mol. The number of nitrogens with zero attached hydrogens (tertiary/aromatic N) is 2. The van der Waals surface area contributed by atoms with Gasteiger partial charge in [-0.25, -0.2) is 4.39 Å². The van der Waals surface area contributed by atoms with Crippen LogP contribution in [0.2, 0.25) is 0 Å². The number of rotatable bonds is 7. The highest BCUT2D eigenvalue weighted by Gasteiger charge is 2.17. The van der Waals surface area contributed by atoms with Gasteiger partial charge in [-0.2, -0.15) is 0 Å². The number of carbonyl (C=O) groups excluding carboxylic acids is 2. The van der Waals surface area contributed by atoms with Crippen LogP contribution in [0.1, 0.15) is 15.9 Å². The van der Waals surface area contributed by atoms with Crippen LogP contribution >= 0.6 is 0 Å². The summed E-state index contributed by atoms with van der Waals surface area (Å²) >= 11 is 0. The van der Waals surface area contributed by atoms with Crippen molar-refractivity contribution in [3.63, 3.8) is 0 Å². The maximum atomic E-state index is 13.2. The third-order valence-electron chi connectivity index (χ3n) is 5.63. The molecule has 0 saturated carbocycles. The lowest BCUT2D eigenvalue weighted by Gasteiger charge is -2.36. The molecule has 3 aromatic carbocycles. The van der Waals surface area contributed by atoms with Gasteiger partial charge in [-0.3, -0.25) is 14.5 Å². The Hall–Kier alpha value is -3.71. The molecule has 33 heavy (non-hydrogen) atoms. The number of nitrogens with one attached hydrogen (secondary N) is 2. The van der Waals surface area contributed by atoms with Gasteiger partial charge >= 0.3 is 0 Å². The Labute approximate surface area is 193 Å².